The zero-order chi connectivity index (χ0) is 15.9. The lowest BCUT2D eigenvalue weighted by Crippen LogP contribution is -2.42. The van der Waals surface area contributed by atoms with Gasteiger partial charge in [0.05, 0.1) is 18.6 Å². The molecule has 7 heteroatoms. The highest BCUT2D eigenvalue weighted by atomic mass is 35.5. The van der Waals surface area contributed by atoms with E-state index in [4.69, 9.17) is 22.1 Å². The lowest BCUT2D eigenvalue weighted by atomic mass is 10.0. The van der Waals surface area contributed by atoms with Crippen LogP contribution in [0.2, 0.25) is 5.02 Å². The van der Waals surface area contributed by atoms with E-state index in [0.29, 0.717) is 11.6 Å². The molecule has 1 unspecified atom stereocenters. The van der Waals surface area contributed by atoms with E-state index < -0.39 is 11.9 Å². The van der Waals surface area contributed by atoms with Crippen molar-refractivity contribution in [3.05, 3.63) is 34.9 Å². The molecule has 1 aromatic rings. The summed E-state index contributed by atoms with van der Waals surface area (Å²) in [5, 5.41) is 6.10. The van der Waals surface area contributed by atoms with Crippen molar-refractivity contribution in [1.29, 1.82) is 0 Å². The van der Waals surface area contributed by atoms with Crippen LogP contribution in [0.4, 0.5) is 4.79 Å². The van der Waals surface area contributed by atoms with Gasteiger partial charge in [-0.2, -0.15) is 0 Å². The fourth-order valence-electron chi connectivity index (χ4n) is 2.37. The minimum Gasteiger partial charge on any atom is -0.376 e. The smallest absolute Gasteiger partial charge is 0.315 e. The monoisotopic (exact) mass is 325 g/mol. The Morgan fingerprint density at radius 3 is 2.68 bits per heavy atom. The van der Waals surface area contributed by atoms with Gasteiger partial charge in [0, 0.05) is 18.2 Å². The molecule has 0 radical (unpaired) electrons. The molecule has 1 aromatic carbocycles. The van der Waals surface area contributed by atoms with Gasteiger partial charge in [-0.1, -0.05) is 23.7 Å². The third-order valence-corrected chi connectivity index (χ3v) is 3.75. The van der Waals surface area contributed by atoms with Gasteiger partial charge in [-0.15, -0.1) is 0 Å². The van der Waals surface area contributed by atoms with Crippen LogP contribution in [0.3, 0.4) is 0 Å². The highest BCUT2D eigenvalue weighted by Crippen LogP contribution is 2.19. The van der Waals surface area contributed by atoms with E-state index in [1.165, 1.54) is 0 Å². The maximum absolute atomic E-state index is 12.0. The molecule has 22 heavy (non-hydrogen) atoms. The zero-order valence-corrected chi connectivity index (χ0v) is 12.9. The van der Waals surface area contributed by atoms with Gasteiger partial charge in [0.2, 0.25) is 5.91 Å². The molecular formula is C15H20ClN3O3. The van der Waals surface area contributed by atoms with Crippen molar-refractivity contribution in [2.24, 2.45) is 5.73 Å². The first-order valence-corrected chi connectivity index (χ1v) is 7.62. The van der Waals surface area contributed by atoms with Gasteiger partial charge in [0.25, 0.3) is 0 Å². The summed E-state index contributed by atoms with van der Waals surface area (Å²) in [7, 11) is 0. The van der Waals surface area contributed by atoms with Gasteiger partial charge in [-0.25, -0.2) is 4.79 Å². The van der Waals surface area contributed by atoms with Crippen LogP contribution in [0.5, 0.6) is 0 Å². The number of hydrogen-bond donors (Lipinski definition) is 3. The maximum atomic E-state index is 12.0. The van der Waals surface area contributed by atoms with Crippen LogP contribution >= 0.6 is 11.6 Å². The minimum atomic E-state index is -0.487. The van der Waals surface area contributed by atoms with Crippen LogP contribution in [-0.2, 0) is 9.53 Å². The van der Waals surface area contributed by atoms with E-state index in [1.54, 1.807) is 24.3 Å². The molecule has 2 atom stereocenters. The number of carbonyl (C=O) groups is 2. The molecule has 0 saturated carbocycles. The van der Waals surface area contributed by atoms with Crippen molar-refractivity contribution in [1.82, 2.24) is 10.6 Å². The summed E-state index contributed by atoms with van der Waals surface area (Å²) in [6.07, 6.45) is 2.05. The number of primary amides is 1. The van der Waals surface area contributed by atoms with Gasteiger partial charge in [0.1, 0.15) is 0 Å². The number of halogens is 1. The highest BCUT2D eigenvalue weighted by molar-refractivity contribution is 6.30. The number of amides is 3. The Balaban J connectivity index is 1.91. The summed E-state index contributed by atoms with van der Waals surface area (Å²) in [6, 6.07) is 6.09. The minimum absolute atomic E-state index is 0.0228. The fraction of sp³-hybridized carbons (Fsp3) is 0.467. The van der Waals surface area contributed by atoms with Gasteiger partial charge < -0.3 is 21.1 Å². The molecule has 0 spiro atoms. The molecule has 6 nitrogen and oxygen atoms in total. The Labute approximate surface area is 134 Å². The quantitative estimate of drug-likeness (QED) is 0.743. The molecule has 1 fully saturated rings. The largest absolute Gasteiger partial charge is 0.376 e. The van der Waals surface area contributed by atoms with Crippen LogP contribution in [0, 0.1) is 0 Å². The van der Waals surface area contributed by atoms with Crippen LogP contribution in [0.15, 0.2) is 24.3 Å². The van der Waals surface area contributed by atoms with Crippen LogP contribution in [0.1, 0.15) is 30.9 Å². The van der Waals surface area contributed by atoms with E-state index in [0.717, 1.165) is 25.0 Å². The Hall–Kier alpha value is -1.79. The maximum Gasteiger partial charge on any atom is 0.315 e. The number of ether oxygens (including phenoxy) is 1. The number of nitrogens with one attached hydrogen (secondary N) is 2. The SMILES string of the molecule is NC(=O)C[C@@H](NC(=O)NCC1CCCO1)c1ccc(Cl)cc1. The lowest BCUT2D eigenvalue weighted by molar-refractivity contribution is -0.118. The predicted octanol–water partition coefficient (Wildman–Crippen LogP) is 1.73. The van der Waals surface area contributed by atoms with Crippen molar-refractivity contribution in [2.45, 2.75) is 31.4 Å². The normalized spacial score (nSPS) is 18.7. The first-order valence-electron chi connectivity index (χ1n) is 7.24. The predicted molar refractivity (Wildman–Crippen MR) is 83.5 cm³/mol. The second-order valence-electron chi connectivity index (χ2n) is 5.26. The van der Waals surface area contributed by atoms with E-state index in [-0.39, 0.29) is 18.6 Å². The number of urea groups is 1. The van der Waals surface area contributed by atoms with Gasteiger partial charge >= 0.3 is 6.03 Å². The van der Waals surface area contributed by atoms with E-state index in [1.807, 2.05) is 0 Å². The standard InChI is InChI=1S/C15H20ClN3O3/c16-11-5-3-10(4-6-11)13(8-14(17)20)19-15(21)18-9-12-2-1-7-22-12/h3-6,12-13H,1-2,7-9H2,(H2,17,20)(H2,18,19,21)/t12?,13-/m1/s1. The molecular weight excluding hydrogens is 306 g/mol. The molecule has 3 amide bonds. The molecule has 0 aliphatic carbocycles. The van der Waals surface area contributed by atoms with E-state index >= 15 is 0 Å². The van der Waals surface area contributed by atoms with Gasteiger partial charge in [0.15, 0.2) is 0 Å². The summed E-state index contributed by atoms with van der Waals surface area (Å²) in [6.45, 7) is 1.19. The summed E-state index contributed by atoms with van der Waals surface area (Å²) < 4.78 is 5.44. The topological polar surface area (TPSA) is 93.5 Å². The lowest BCUT2D eigenvalue weighted by Gasteiger charge is -2.19. The molecule has 1 aliphatic rings. The van der Waals surface area contributed by atoms with Crippen molar-refractivity contribution in [3.63, 3.8) is 0 Å². The molecule has 0 bridgehead atoms. The summed E-state index contributed by atoms with van der Waals surface area (Å²) in [5.41, 5.74) is 6.03. The number of hydrogen-bond acceptors (Lipinski definition) is 3. The molecule has 4 N–H and O–H groups in total. The average molecular weight is 326 g/mol. The second kappa shape index (κ2) is 8.00. The Morgan fingerprint density at radius 1 is 1.36 bits per heavy atom. The van der Waals surface area contributed by atoms with Crippen molar-refractivity contribution in [3.8, 4) is 0 Å². The zero-order valence-electron chi connectivity index (χ0n) is 12.2. The van der Waals surface area contributed by atoms with Crippen molar-refractivity contribution < 1.29 is 14.3 Å². The second-order valence-corrected chi connectivity index (χ2v) is 5.70. The fourth-order valence-corrected chi connectivity index (χ4v) is 2.50. The Kier molecular flexibility index (Phi) is 6.03. The summed E-state index contributed by atoms with van der Waals surface area (Å²) in [4.78, 5) is 23.2. The first-order chi connectivity index (χ1) is 10.5. The molecule has 1 aliphatic heterocycles. The molecule has 2 rings (SSSR count). The molecule has 120 valence electrons. The Morgan fingerprint density at radius 2 is 2.09 bits per heavy atom. The Bertz CT molecular complexity index is 515. The summed E-state index contributed by atoms with van der Waals surface area (Å²) >= 11 is 5.85. The third-order valence-electron chi connectivity index (χ3n) is 3.50. The molecule has 0 aromatic heterocycles. The highest BCUT2D eigenvalue weighted by Gasteiger charge is 2.19. The first kappa shape index (κ1) is 16.6. The average Bonchev–Trinajstić information content (AvgIpc) is 2.98. The number of benzene rings is 1. The van der Waals surface area contributed by atoms with Crippen LogP contribution in [-0.4, -0.2) is 31.2 Å². The number of rotatable bonds is 6. The van der Waals surface area contributed by atoms with Crippen molar-refractivity contribution >= 4 is 23.5 Å². The number of carbonyl (C=O) groups excluding carboxylic acids is 2. The van der Waals surface area contributed by atoms with E-state index in [2.05, 4.69) is 10.6 Å². The number of nitrogens with two attached hydrogens (primary N) is 1. The third kappa shape index (κ3) is 5.20. The van der Waals surface area contributed by atoms with Gasteiger partial charge in [-0.05, 0) is 30.5 Å². The van der Waals surface area contributed by atoms with Crippen molar-refractivity contribution in [2.75, 3.05) is 13.2 Å². The summed E-state index contributed by atoms with van der Waals surface area (Å²) in [5.74, 6) is -0.487. The molecule has 1 heterocycles. The van der Waals surface area contributed by atoms with Crippen LogP contribution in [0.25, 0.3) is 0 Å². The van der Waals surface area contributed by atoms with Crippen LogP contribution < -0.4 is 16.4 Å². The van der Waals surface area contributed by atoms with Gasteiger partial charge in [-0.3, -0.25) is 4.79 Å². The van der Waals surface area contributed by atoms with E-state index in [9.17, 15) is 9.59 Å². The molecule has 1 saturated heterocycles.